The van der Waals surface area contributed by atoms with Gasteiger partial charge in [0, 0.05) is 24.5 Å². The lowest BCUT2D eigenvalue weighted by molar-refractivity contribution is -0.116. The number of carbonyl (C=O) groups excluding carboxylic acids is 2. The maximum Gasteiger partial charge on any atom is 0.225 e. The van der Waals surface area contributed by atoms with Gasteiger partial charge >= 0.3 is 0 Å². The number of hydrogen-bond donors (Lipinski definition) is 1. The van der Waals surface area contributed by atoms with Crippen molar-refractivity contribution in [1.82, 2.24) is 9.78 Å². The molecule has 1 N–H and O–H groups in total. The summed E-state index contributed by atoms with van der Waals surface area (Å²) < 4.78 is 1.87. The molecule has 120 valence electrons. The molecule has 0 radical (unpaired) electrons. The van der Waals surface area contributed by atoms with Crippen LogP contribution in [0.4, 0.5) is 5.82 Å². The number of ketones is 1. The van der Waals surface area contributed by atoms with Crippen molar-refractivity contribution in [3.63, 3.8) is 0 Å². The topological polar surface area (TPSA) is 64.0 Å². The highest BCUT2D eigenvalue weighted by atomic mass is 16.2. The fourth-order valence-corrected chi connectivity index (χ4v) is 2.72. The van der Waals surface area contributed by atoms with Gasteiger partial charge in [0.25, 0.3) is 0 Å². The molecule has 0 bridgehead atoms. The van der Waals surface area contributed by atoms with Gasteiger partial charge in [0.05, 0.1) is 12.2 Å². The largest absolute Gasteiger partial charge is 0.311 e. The first-order chi connectivity index (χ1) is 11.1. The maximum atomic E-state index is 12.1. The summed E-state index contributed by atoms with van der Waals surface area (Å²) in [6, 6.07) is 11.2. The van der Waals surface area contributed by atoms with Crippen LogP contribution in [0.5, 0.6) is 0 Å². The lowest BCUT2D eigenvalue weighted by atomic mass is 10.1. The normalized spacial score (nSPS) is 15.2. The van der Waals surface area contributed by atoms with Crippen molar-refractivity contribution in [3.8, 4) is 0 Å². The number of hydrogen-bond acceptors (Lipinski definition) is 3. The van der Waals surface area contributed by atoms with Crippen LogP contribution in [0, 0.1) is 5.92 Å². The van der Waals surface area contributed by atoms with Crippen molar-refractivity contribution in [1.29, 1.82) is 0 Å². The molecule has 1 fully saturated rings. The first-order valence-electron chi connectivity index (χ1n) is 8.07. The molecule has 5 heteroatoms. The lowest BCUT2D eigenvalue weighted by Gasteiger charge is -2.15. The van der Waals surface area contributed by atoms with Crippen molar-refractivity contribution in [2.45, 2.75) is 38.6 Å². The van der Waals surface area contributed by atoms with E-state index in [0.29, 0.717) is 23.3 Å². The predicted molar refractivity (Wildman–Crippen MR) is 88.3 cm³/mol. The summed E-state index contributed by atoms with van der Waals surface area (Å²) in [6.07, 6.45) is 4.53. The van der Waals surface area contributed by atoms with Crippen molar-refractivity contribution in [3.05, 3.63) is 48.2 Å². The van der Waals surface area contributed by atoms with E-state index in [4.69, 9.17) is 0 Å². The third kappa shape index (κ3) is 3.86. The highest BCUT2D eigenvalue weighted by Crippen LogP contribution is 2.40. The van der Waals surface area contributed by atoms with Crippen LogP contribution in [0.15, 0.2) is 42.6 Å². The zero-order valence-electron chi connectivity index (χ0n) is 13.2. The average Bonchev–Trinajstić information content (AvgIpc) is 3.33. The average molecular weight is 311 g/mol. The summed E-state index contributed by atoms with van der Waals surface area (Å²) in [5, 5.41) is 7.18. The Hall–Kier alpha value is -2.43. The molecule has 1 heterocycles. The molecule has 0 spiro atoms. The highest BCUT2D eigenvalue weighted by molar-refractivity contribution is 5.99. The van der Waals surface area contributed by atoms with Gasteiger partial charge in [-0.3, -0.25) is 9.59 Å². The zero-order valence-corrected chi connectivity index (χ0v) is 13.2. The second-order valence-electron chi connectivity index (χ2n) is 6.08. The number of amides is 1. The van der Waals surface area contributed by atoms with Crippen LogP contribution in [0.25, 0.3) is 0 Å². The van der Waals surface area contributed by atoms with Crippen LogP contribution in [0.1, 0.15) is 49.0 Å². The summed E-state index contributed by atoms with van der Waals surface area (Å²) in [5.74, 6) is 1.20. The monoisotopic (exact) mass is 311 g/mol. The van der Waals surface area contributed by atoms with E-state index in [2.05, 4.69) is 17.3 Å². The van der Waals surface area contributed by atoms with Gasteiger partial charge in [0.1, 0.15) is 5.82 Å². The molecule has 0 saturated heterocycles. The Morgan fingerprint density at radius 2 is 1.96 bits per heavy atom. The smallest absolute Gasteiger partial charge is 0.225 e. The molecule has 1 atom stereocenters. The fraction of sp³-hybridized carbons (Fsp3) is 0.389. The van der Waals surface area contributed by atoms with Gasteiger partial charge in [-0.1, -0.05) is 30.3 Å². The van der Waals surface area contributed by atoms with E-state index in [1.807, 2.05) is 22.9 Å². The third-order valence-electron chi connectivity index (χ3n) is 4.30. The van der Waals surface area contributed by atoms with Gasteiger partial charge in [0.15, 0.2) is 5.78 Å². The summed E-state index contributed by atoms with van der Waals surface area (Å²) >= 11 is 0. The predicted octanol–water partition coefficient (Wildman–Crippen LogP) is 3.46. The molecule has 1 aromatic carbocycles. The number of carbonyl (C=O) groups is 2. The minimum Gasteiger partial charge on any atom is -0.311 e. The van der Waals surface area contributed by atoms with Crippen LogP contribution in [0.3, 0.4) is 0 Å². The number of aromatic nitrogens is 2. The molecule has 0 aliphatic heterocycles. The molecular weight excluding hydrogens is 290 g/mol. The van der Waals surface area contributed by atoms with E-state index in [0.717, 1.165) is 0 Å². The minimum atomic E-state index is -0.154. The SMILES string of the molecule is CC(C1CC1)n1nccc1NC(=O)CCC(=O)c1ccccc1. The molecule has 1 aliphatic carbocycles. The third-order valence-corrected chi connectivity index (χ3v) is 4.30. The molecule has 23 heavy (non-hydrogen) atoms. The molecule has 5 nitrogen and oxygen atoms in total. The van der Waals surface area contributed by atoms with Gasteiger partial charge in [-0.2, -0.15) is 5.10 Å². The van der Waals surface area contributed by atoms with Gasteiger partial charge in [-0.15, -0.1) is 0 Å². The van der Waals surface area contributed by atoms with E-state index < -0.39 is 0 Å². The molecule has 3 rings (SSSR count). The van der Waals surface area contributed by atoms with Crippen LogP contribution in [0.2, 0.25) is 0 Å². The number of benzene rings is 1. The summed E-state index contributed by atoms with van der Waals surface area (Å²) in [4.78, 5) is 24.1. The van der Waals surface area contributed by atoms with E-state index in [1.54, 1.807) is 24.4 Å². The second-order valence-corrected chi connectivity index (χ2v) is 6.08. The van der Waals surface area contributed by atoms with Gasteiger partial charge < -0.3 is 5.32 Å². The Morgan fingerprint density at radius 3 is 2.65 bits per heavy atom. The highest BCUT2D eigenvalue weighted by Gasteiger charge is 2.30. The first kappa shape index (κ1) is 15.5. The second kappa shape index (κ2) is 6.77. The Bertz CT molecular complexity index is 689. The fourth-order valence-electron chi connectivity index (χ4n) is 2.72. The number of nitrogens with one attached hydrogen (secondary N) is 1. The quantitative estimate of drug-likeness (QED) is 0.796. The van der Waals surface area contributed by atoms with Crippen LogP contribution >= 0.6 is 0 Å². The summed E-state index contributed by atoms with van der Waals surface area (Å²) in [5.41, 5.74) is 0.646. The molecule has 1 unspecified atom stereocenters. The van der Waals surface area contributed by atoms with Crippen molar-refractivity contribution in [2.75, 3.05) is 5.32 Å². The Morgan fingerprint density at radius 1 is 1.22 bits per heavy atom. The Balaban J connectivity index is 1.54. The lowest BCUT2D eigenvalue weighted by Crippen LogP contribution is -2.19. The summed E-state index contributed by atoms with van der Waals surface area (Å²) in [6.45, 7) is 2.12. The molecular formula is C18H21N3O2. The standard InChI is InChI=1S/C18H21N3O2/c1-13(14-7-8-14)21-17(11-12-19-21)20-18(23)10-9-16(22)15-5-3-2-4-6-15/h2-6,11-14H,7-10H2,1H3,(H,20,23). The molecule has 1 aliphatic rings. The molecule has 1 aromatic heterocycles. The minimum absolute atomic E-state index is 0.0133. The zero-order chi connectivity index (χ0) is 16.2. The maximum absolute atomic E-state index is 12.1. The van der Waals surface area contributed by atoms with Gasteiger partial charge in [0.2, 0.25) is 5.91 Å². The Labute approximate surface area is 135 Å². The number of anilines is 1. The van der Waals surface area contributed by atoms with E-state index in [9.17, 15) is 9.59 Å². The molecule has 1 amide bonds. The van der Waals surface area contributed by atoms with Crippen LogP contribution in [-0.4, -0.2) is 21.5 Å². The van der Waals surface area contributed by atoms with Gasteiger partial charge in [-0.05, 0) is 25.7 Å². The van der Waals surface area contributed by atoms with Crippen molar-refractivity contribution in [2.24, 2.45) is 5.92 Å². The molecule has 1 saturated carbocycles. The van der Waals surface area contributed by atoms with Crippen LogP contribution in [-0.2, 0) is 4.79 Å². The van der Waals surface area contributed by atoms with Gasteiger partial charge in [-0.25, -0.2) is 4.68 Å². The molecule has 2 aromatic rings. The number of Topliss-reactive ketones (excluding diaryl/α,β-unsaturated/α-hetero) is 1. The van der Waals surface area contributed by atoms with Crippen molar-refractivity contribution >= 4 is 17.5 Å². The summed E-state index contributed by atoms with van der Waals surface area (Å²) in [7, 11) is 0. The number of rotatable bonds is 7. The van der Waals surface area contributed by atoms with E-state index in [-0.39, 0.29) is 24.5 Å². The first-order valence-corrected chi connectivity index (χ1v) is 8.07. The number of nitrogens with zero attached hydrogens (tertiary/aromatic N) is 2. The van der Waals surface area contributed by atoms with Crippen LogP contribution < -0.4 is 5.32 Å². The van der Waals surface area contributed by atoms with E-state index in [1.165, 1.54) is 12.8 Å². The van der Waals surface area contributed by atoms with Crippen molar-refractivity contribution < 1.29 is 9.59 Å². The Kier molecular flexibility index (Phi) is 4.55. The van der Waals surface area contributed by atoms with E-state index >= 15 is 0 Å².